The number of halogens is 1. The SMILES string of the molecule is CCCNC(=O)c1cc(NC=C(C#N)c2nn[nH]n2)ccc1Cl. The summed E-state index contributed by atoms with van der Waals surface area (Å²) in [5.41, 5.74) is 1.16. The van der Waals surface area contributed by atoms with Crippen LogP contribution >= 0.6 is 11.6 Å². The maximum Gasteiger partial charge on any atom is 0.252 e. The molecule has 0 unspecified atom stereocenters. The van der Waals surface area contributed by atoms with Gasteiger partial charge in [-0.1, -0.05) is 18.5 Å². The highest BCUT2D eigenvalue weighted by Crippen LogP contribution is 2.21. The highest BCUT2D eigenvalue weighted by atomic mass is 35.5. The number of tetrazole rings is 1. The number of allylic oxidation sites excluding steroid dienone is 1. The number of H-pyrrole nitrogens is 1. The summed E-state index contributed by atoms with van der Waals surface area (Å²) in [6.45, 7) is 2.54. The predicted molar refractivity (Wildman–Crippen MR) is 85.5 cm³/mol. The number of nitrogens with zero attached hydrogens (tertiary/aromatic N) is 4. The third-order valence-corrected chi connectivity index (χ3v) is 3.17. The van der Waals surface area contributed by atoms with Gasteiger partial charge in [-0.05, 0) is 29.8 Å². The van der Waals surface area contributed by atoms with E-state index in [-0.39, 0.29) is 17.3 Å². The van der Waals surface area contributed by atoms with E-state index in [0.717, 1.165) is 6.42 Å². The number of aromatic amines is 1. The average molecular weight is 332 g/mol. The zero-order valence-corrected chi connectivity index (χ0v) is 13.1. The Morgan fingerprint density at radius 1 is 1.52 bits per heavy atom. The lowest BCUT2D eigenvalue weighted by molar-refractivity contribution is 0.0954. The number of anilines is 1. The van der Waals surface area contributed by atoms with E-state index >= 15 is 0 Å². The van der Waals surface area contributed by atoms with Crippen LogP contribution in [0.4, 0.5) is 5.69 Å². The van der Waals surface area contributed by atoms with E-state index in [4.69, 9.17) is 16.9 Å². The van der Waals surface area contributed by atoms with Crippen LogP contribution in [0.3, 0.4) is 0 Å². The molecule has 0 fully saturated rings. The molecule has 0 radical (unpaired) electrons. The third-order valence-electron chi connectivity index (χ3n) is 2.84. The summed E-state index contributed by atoms with van der Waals surface area (Å²) >= 11 is 6.05. The van der Waals surface area contributed by atoms with Crippen molar-refractivity contribution >= 4 is 28.8 Å². The first-order valence-corrected chi connectivity index (χ1v) is 7.22. The van der Waals surface area contributed by atoms with Crippen molar-refractivity contribution in [3.8, 4) is 6.07 Å². The Morgan fingerprint density at radius 2 is 2.35 bits per heavy atom. The van der Waals surface area contributed by atoms with Gasteiger partial charge in [0.05, 0.1) is 10.6 Å². The zero-order chi connectivity index (χ0) is 16.7. The minimum Gasteiger partial charge on any atom is -0.360 e. The Morgan fingerprint density at radius 3 is 3.00 bits per heavy atom. The Kier molecular flexibility index (Phi) is 5.66. The number of benzene rings is 1. The van der Waals surface area contributed by atoms with Crippen molar-refractivity contribution in [1.29, 1.82) is 5.26 Å². The number of amides is 1. The minimum atomic E-state index is -0.247. The number of nitrogens with one attached hydrogen (secondary N) is 3. The van der Waals surface area contributed by atoms with Gasteiger partial charge < -0.3 is 10.6 Å². The van der Waals surface area contributed by atoms with Crippen molar-refractivity contribution in [3.05, 3.63) is 40.8 Å². The summed E-state index contributed by atoms with van der Waals surface area (Å²) in [7, 11) is 0. The second-order valence-electron chi connectivity index (χ2n) is 4.50. The molecule has 2 rings (SSSR count). The number of hydrogen-bond acceptors (Lipinski definition) is 6. The number of carbonyl (C=O) groups excluding carboxylic acids is 1. The lowest BCUT2D eigenvalue weighted by Crippen LogP contribution is -2.24. The van der Waals surface area contributed by atoms with Gasteiger partial charge in [-0.3, -0.25) is 4.79 Å². The number of hydrogen-bond donors (Lipinski definition) is 3. The van der Waals surface area contributed by atoms with Gasteiger partial charge in [0, 0.05) is 18.4 Å². The van der Waals surface area contributed by atoms with Gasteiger partial charge >= 0.3 is 0 Å². The van der Waals surface area contributed by atoms with Crippen LogP contribution in [0, 0.1) is 11.3 Å². The van der Waals surface area contributed by atoms with E-state index in [0.29, 0.717) is 22.8 Å². The fourth-order valence-corrected chi connectivity index (χ4v) is 1.90. The summed E-state index contributed by atoms with van der Waals surface area (Å²) < 4.78 is 0. The van der Waals surface area contributed by atoms with E-state index in [9.17, 15) is 4.79 Å². The molecule has 1 amide bonds. The Bertz CT molecular complexity index is 749. The molecule has 8 nitrogen and oxygen atoms in total. The van der Waals surface area contributed by atoms with E-state index in [1.807, 2.05) is 13.0 Å². The van der Waals surface area contributed by atoms with E-state index in [1.165, 1.54) is 6.20 Å². The smallest absolute Gasteiger partial charge is 0.252 e. The molecule has 3 N–H and O–H groups in total. The first-order chi connectivity index (χ1) is 11.2. The van der Waals surface area contributed by atoms with Crippen molar-refractivity contribution in [3.63, 3.8) is 0 Å². The van der Waals surface area contributed by atoms with E-state index < -0.39 is 0 Å². The standard InChI is InChI=1S/C14H14ClN7O/c1-2-5-17-14(23)11-6-10(3-4-12(11)15)18-8-9(7-16)13-19-21-22-20-13/h3-4,6,8,18H,2,5H2,1H3,(H,17,23)(H,19,20,21,22). The van der Waals surface area contributed by atoms with Gasteiger partial charge in [-0.25, -0.2) is 0 Å². The van der Waals surface area contributed by atoms with Gasteiger partial charge in [0.2, 0.25) is 5.82 Å². The summed E-state index contributed by atoms with van der Waals surface area (Å²) in [5.74, 6) is -0.0713. The molecule has 1 heterocycles. The summed E-state index contributed by atoms with van der Waals surface area (Å²) in [5, 5.41) is 28.3. The number of carbonyl (C=O) groups is 1. The summed E-state index contributed by atoms with van der Waals surface area (Å²) in [4.78, 5) is 12.0. The zero-order valence-electron chi connectivity index (χ0n) is 12.3. The van der Waals surface area contributed by atoms with Crippen LogP contribution in [0.2, 0.25) is 5.02 Å². The van der Waals surface area contributed by atoms with Gasteiger partial charge in [0.1, 0.15) is 11.6 Å². The second kappa shape index (κ2) is 7.91. The second-order valence-corrected chi connectivity index (χ2v) is 4.91. The quantitative estimate of drug-likeness (QED) is 0.696. The summed E-state index contributed by atoms with van der Waals surface area (Å²) in [6, 6.07) is 6.87. The average Bonchev–Trinajstić information content (AvgIpc) is 3.09. The van der Waals surface area contributed by atoms with E-state index in [2.05, 4.69) is 31.3 Å². The molecule has 1 aromatic heterocycles. The molecule has 1 aromatic carbocycles. The van der Waals surface area contributed by atoms with Crippen molar-refractivity contribution in [2.75, 3.05) is 11.9 Å². The fraction of sp³-hybridized carbons (Fsp3) is 0.214. The van der Waals surface area contributed by atoms with Crippen molar-refractivity contribution in [2.24, 2.45) is 0 Å². The first-order valence-electron chi connectivity index (χ1n) is 6.84. The lowest BCUT2D eigenvalue weighted by atomic mass is 10.2. The number of rotatable bonds is 6. The molecule has 23 heavy (non-hydrogen) atoms. The molecule has 0 atom stereocenters. The van der Waals surface area contributed by atoms with Crippen LogP contribution in [0.25, 0.3) is 5.57 Å². The molecule has 0 bridgehead atoms. The lowest BCUT2D eigenvalue weighted by Gasteiger charge is -2.08. The molecule has 0 aliphatic carbocycles. The molecule has 0 saturated heterocycles. The van der Waals surface area contributed by atoms with Crippen LogP contribution in [0.5, 0.6) is 0 Å². The third kappa shape index (κ3) is 4.28. The van der Waals surface area contributed by atoms with Gasteiger partial charge in [0.15, 0.2) is 0 Å². The Hall–Kier alpha value is -2.92. The molecule has 9 heteroatoms. The molecule has 2 aromatic rings. The van der Waals surface area contributed by atoms with Crippen molar-refractivity contribution in [2.45, 2.75) is 13.3 Å². The molecule has 0 aliphatic heterocycles. The monoisotopic (exact) mass is 331 g/mol. The maximum atomic E-state index is 12.0. The molecule has 118 valence electrons. The highest BCUT2D eigenvalue weighted by Gasteiger charge is 2.11. The normalized spacial score (nSPS) is 10.9. The largest absolute Gasteiger partial charge is 0.360 e. The Balaban J connectivity index is 2.18. The molecular formula is C14H14ClN7O. The number of aromatic nitrogens is 4. The number of nitriles is 1. The van der Waals surface area contributed by atoms with Crippen LogP contribution in [-0.4, -0.2) is 33.1 Å². The van der Waals surface area contributed by atoms with Gasteiger partial charge in [0.25, 0.3) is 5.91 Å². The van der Waals surface area contributed by atoms with E-state index in [1.54, 1.807) is 18.2 Å². The fourth-order valence-electron chi connectivity index (χ4n) is 1.70. The highest BCUT2D eigenvalue weighted by molar-refractivity contribution is 6.34. The summed E-state index contributed by atoms with van der Waals surface area (Å²) in [6.07, 6.45) is 2.27. The molecular weight excluding hydrogens is 318 g/mol. The molecule has 0 saturated carbocycles. The maximum absolute atomic E-state index is 12.0. The van der Waals surface area contributed by atoms with Gasteiger partial charge in [-0.2, -0.15) is 10.5 Å². The molecule has 0 spiro atoms. The topological polar surface area (TPSA) is 119 Å². The molecule has 0 aliphatic rings. The van der Waals surface area contributed by atoms with Crippen molar-refractivity contribution in [1.82, 2.24) is 25.9 Å². The van der Waals surface area contributed by atoms with Crippen LogP contribution < -0.4 is 10.6 Å². The van der Waals surface area contributed by atoms with Gasteiger partial charge in [-0.15, -0.1) is 10.2 Å². The van der Waals surface area contributed by atoms with Crippen LogP contribution in [-0.2, 0) is 0 Å². The van der Waals surface area contributed by atoms with Crippen molar-refractivity contribution < 1.29 is 4.79 Å². The minimum absolute atomic E-state index is 0.176. The first kappa shape index (κ1) is 16.5. The van der Waals surface area contributed by atoms with Crippen LogP contribution in [0.15, 0.2) is 24.4 Å². The Labute approximate surface area is 137 Å². The van der Waals surface area contributed by atoms with Crippen LogP contribution in [0.1, 0.15) is 29.5 Å². The predicted octanol–water partition coefficient (Wildman–Crippen LogP) is 1.97.